The minimum atomic E-state index is -0.419. The summed E-state index contributed by atoms with van der Waals surface area (Å²) in [6.07, 6.45) is 3.41. The smallest absolute Gasteiger partial charge is 0.161 e. The quantitative estimate of drug-likeness (QED) is 0.848. The van der Waals surface area contributed by atoms with Gasteiger partial charge in [0.05, 0.1) is 25.0 Å². The van der Waals surface area contributed by atoms with Crippen LogP contribution < -0.4 is 10.5 Å². The minimum Gasteiger partial charge on any atom is -0.493 e. The van der Waals surface area contributed by atoms with Gasteiger partial charge in [0, 0.05) is 21.2 Å². The van der Waals surface area contributed by atoms with E-state index in [1.165, 1.54) is 0 Å². The lowest BCUT2D eigenvalue weighted by molar-refractivity contribution is 0.400. The van der Waals surface area contributed by atoms with Gasteiger partial charge in [-0.3, -0.25) is 9.67 Å². The molecule has 2 aromatic rings. The maximum atomic E-state index is 6.38. The van der Waals surface area contributed by atoms with Crippen molar-refractivity contribution in [2.75, 3.05) is 7.11 Å². The van der Waals surface area contributed by atoms with Crippen molar-refractivity contribution in [3.05, 3.63) is 38.8 Å². The summed E-state index contributed by atoms with van der Waals surface area (Å²) in [5.41, 5.74) is 7.94. The summed E-state index contributed by atoms with van der Waals surface area (Å²) in [5.74, 6) is 0.669. The van der Waals surface area contributed by atoms with E-state index in [2.05, 4.69) is 41.9 Å². The standard InChI is InChI=1S/C13H16Br2N4O/c1-7(2)19-13(10(20-3)6-18-19)11(16)12-9(15)4-8(14)5-17-12/h4-7,11H,16H2,1-3H3. The van der Waals surface area contributed by atoms with Crippen LogP contribution >= 0.6 is 31.9 Å². The van der Waals surface area contributed by atoms with E-state index in [1.807, 2.05) is 24.6 Å². The van der Waals surface area contributed by atoms with Crippen LogP contribution in [-0.2, 0) is 0 Å². The highest BCUT2D eigenvalue weighted by molar-refractivity contribution is 9.11. The van der Waals surface area contributed by atoms with Gasteiger partial charge in [0.2, 0.25) is 0 Å². The summed E-state index contributed by atoms with van der Waals surface area (Å²) in [6, 6.07) is 1.69. The summed E-state index contributed by atoms with van der Waals surface area (Å²) in [6.45, 7) is 4.10. The van der Waals surface area contributed by atoms with Crippen molar-refractivity contribution in [1.82, 2.24) is 14.8 Å². The Labute approximate surface area is 134 Å². The van der Waals surface area contributed by atoms with Crippen molar-refractivity contribution >= 4 is 31.9 Å². The van der Waals surface area contributed by atoms with E-state index in [0.29, 0.717) is 5.75 Å². The molecule has 108 valence electrons. The second-order valence-electron chi connectivity index (χ2n) is 4.63. The summed E-state index contributed by atoms with van der Waals surface area (Å²) >= 11 is 6.88. The first-order chi connectivity index (χ1) is 9.45. The van der Waals surface area contributed by atoms with Crippen LogP contribution in [0.25, 0.3) is 0 Å². The van der Waals surface area contributed by atoms with Crippen LogP contribution in [0.2, 0.25) is 0 Å². The summed E-state index contributed by atoms with van der Waals surface area (Å²) in [5, 5.41) is 4.34. The fraction of sp³-hybridized carbons (Fsp3) is 0.385. The molecule has 0 aliphatic rings. The van der Waals surface area contributed by atoms with Crippen molar-refractivity contribution in [3.8, 4) is 5.75 Å². The lowest BCUT2D eigenvalue weighted by Crippen LogP contribution is -2.21. The largest absolute Gasteiger partial charge is 0.493 e. The van der Waals surface area contributed by atoms with E-state index < -0.39 is 6.04 Å². The van der Waals surface area contributed by atoms with Crippen molar-refractivity contribution in [2.24, 2.45) is 5.73 Å². The first-order valence-electron chi connectivity index (χ1n) is 6.13. The maximum absolute atomic E-state index is 6.38. The van der Waals surface area contributed by atoms with Gasteiger partial charge in [-0.25, -0.2) is 0 Å². The number of pyridine rings is 1. The Morgan fingerprint density at radius 2 is 2.00 bits per heavy atom. The van der Waals surface area contributed by atoms with Gasteiger partial charge in [0.1, 0.15) is 5.69 Å². The predicted molar refractivity (Wildman–Crippen MR) is 84.8 cm³/mol. The molecule has 0 radical (unpaired) electrons. The van der Waals surface area contributed by atoms with Gasteiger partial charge in [-0.15, -0.1) is 0 Å². The van der Waals surface area contributed by atoms with Gasteiger partial charge in [-0.1, -0.05) is 0 Å². The molecule has 7 heteroatoms. The third-order valence-electron chi connectivity index (χ3n) is 2.93. The number of nitrogens with two attached hydrogens (primary N) is 1. The summed E-state index contributed by atoms with van der Waals surface area (Å²) in [7, 11) is 1.61. The van der Waals surface area contributed by atoms with E-state index in [9.17, 15) is 0 Å². The fourth-order valence-electron chi connectivity index (χ4n) is 2.00. The average Bonchev–Trinajstić information content (AvgIpc) is 2.81. The molecule has 0 spiro atoms. The second kappa shape index (κ2) is 6.24. The highest BCUT2D eigenvalue weighted by Gasteiger charge is 2.24. The Hall–Kier alpha value is -0.920. The summed E-state index contributed by atoms with van der Waals surface area (Å²) in [4.78, 5) is 4.39. The Balaban J connectivity index is 2.52. The number of halogens is 2. The van der Waals surface area contributed by atoms with Crippen LogP contribution in [0.3, 0.4) is 0 Å². The first-order valence-corrected chi connectivity index (χ1v) is 7.72. The zero-order chi connectivity index (χ0) is 14.9. The monoisotopic (exact) mass is 402 g/mol. The number of hydrogen-bond acceptors (Lipinski definition) is 4. The number of ether oxygens (including phenoxy) is 1. The summed E-state index contributed by atoms with van der Waals surface area (Å²) < 4.78 is 8.97. The predicted octanol–water partition coefficient (Wildman–Crippen LogP) is 3.44. The van der Waals surface area contributed by atoms with Gasteiger partial charge in [0.15, 0.2) is 5.75 Å². The molecule has 0 aromatic carbocycles. The van der Waals surface area contributed by atoms with Crippen LogP contribution in [-0.4, -0.2) is 21.9 Å². The number of rotatable bonds is 4. The molecular weight excluding hydrogens is 388 g/mol. The number of hydrogen-bond donors (Lipinski definition) is 1. The van der Waals surface area contributed by atoms with E-state index in [0.717, 1.165) is 20.3 Å². The zero-order valence-corrected chi connectivity index (χ0v) is 14.6. The molecule has 5 nitrogen and oxygen atoms in total. The normalized spacial score (nSPS) is 12.8. The zero-order valence-electron chi connectivity index (χ0n) is 11.5. The Kier molecular flexibility index (Phi) is 4.82. The highest BCUT2D eigenvalue weighted by atomic mass is 79.9. The molecule has 0 saturated heterocycles. The van der Waals surface area contributed by atoms with Gasteiger partial charge < -0.3 is 10.5 Å². The van der Waals surface area contributed by atoms with E-state index in [1.54, 1.807) is 19.5 Å². The van der Waals surface area contributed by atoms with Crippen LogP contribution in [0.15, 0.2) is 27.4 Å². The van der Waals surface area contributed by atoms with Crippen molar-refractivity contribution in [1.29, 1.82) is 0 Å². The number of methoxy groups -OCH3 is 1. The molecule has 0 fully saturated rings. The molecule has 2 rings (SSSR count). The molecular formula is C13H16Br2N4O. The molecule has 2 aromatic heterocycles. The lowest BCUT2D eigenvalue weighted by Gasteiger charge is -2.18. The van der Waals surface area contributed by atoms with E-state index in [4.69, 9.17) is 10.5 Å². The molecule has 0 bridgehead atoms. The van der Waals surface area contributed by atoms with Crippen LogP contribution in [0, 0.1) is 0 Å². The molecule has 2 N–H and O–H groups in total. The number of nitrogens with zero attached hydrogens (tertiary/aromatic N) is 3. The fourth-order valence-corrected chi connectivity index (χ4v) is 3.24. The van der Waals surface area contributed by atoms with Crippen LogP contribution in [0.4, 0.5) is 0 Å². The van der Waals surface area contributed by atoms with E-state index >= 15 is 0 Å². The molecule has 2 heterocycles. The van der Waals surface area contributed by atoms with Gasteiger partial charge in [0.25, 0.3) is 0 Å². The third kappa shape index (κ3) is 2.89. The third-order valence-corrected chi connectivity index (χ3v) is 4.00. The van der Waals surface area contributed by atoms with Gasteiger partial charge in [-0.05, 0) is 51.8 Å². The van der Waals surface area contributed by atoms with Crippen LogP contribution in [0.5, 0.6) is 5.75 Å². The molecule has 0 aliphatic carbocycles. The van der Waals surface area contributed by atoms with Crippen molar-refractivity contribution in [3.63, 3.8) is 0 Å². The molecule has 0 aliphatic heterocycles. The highest BCUT2D eigenvalue weighted by Crippen LogP contribution is 2.33. The molecule has 20 heavy (non-hydrogen) atoms. The van der Waals surface area contributed by atoms with Gasteiger partial charge >= 0.3 is 0 Å². The molecule has 1 unspecified atom stereocenters. The number of aromatic nitrogens is 3. The minimum absolute atomic E-state index is 0.189. The molecule has 1 atom stereocenters. The topological polar surface area (TPSA) is 66.0 Å². The van der Waals surface area contributed by atoms with Gasteiger partial charge in [-0.2, -0.15) is 5.10 Å². The second-order valence-corrected chi connectivity index (χ2v) is 6.40. The Morgan fingerprint density at radius 1 is 1.30 bits per heavy atom. The lowest BCUT2D eigenvalue weighted by atomic mass is 10.1. The maximum Gasteiger partial charge on any atom is 0.161 e. The Morgan fingerprint density at radius 3 is 2.55 bits per heavy atom. The SMILES string of the molecule is COc1cnn(C(C)C)c1C(N)c1ncc(Br)cc1Br. The van der Waals surface area contributed by atoms with Crippen molar-refractivity contribution in [2.45, 2.75) is 25.9 Å². The van der Waals surface area contributed by atoms with E-state index in [-0.39, 0.29) is 6.04 Å². The first kappa shape index (κ1) is 15.5. The van der Waals surface area contributed by atoms with Crippen molar-refractivity contribution < 1.29 is 4.74 Å². The molecule has 0 saturated carbocycles. The average molecular weight is 404 g/mol. The Bertz CT molecular complexity index is 612. The van der Waals surface area contributed by atoms with Crippen LogP contribution in [0.1, 0.15) is 37.3 Å². The molecule has 0 amide bonds.